The smallest absolute Gasteiger partial charge is 0.119 e. The second-order valence-corrected chi connectivity index (χ2v) is 5.97. The third kappa shape index (κ3) is 3.89. The zero-order chi connectivity index (χ0) is 16.8. The molecule has 1 unspecified atom stereocenters. The summed E-state index contributed by atoms with van der Waals surface area (Å²) in [7, 11) is 1.72. The van der Waals surface area contributed by atoms with Crippen LogP contribution in [0.1, 0.15) is 24.1 Å². The molecular formula is C20H26N2O2. The Morgan fingerprint density at radius 2 is 1.62 bits per heavy atom. The highest BCUT2D eigenvalue weighted by Crippen LogP contribution is 2.32. The molecule has 0 radical (unpaired) electrons. The number of ether oxygens (including phenoxy) is 2. The van der Waals surface area contributed by atoms with Gasteiger partial charge >= 0.3 is 0 Å². The predicted molar refractivity (Wildman–Crippen MR) is 96.9 cm³/mol. The third-order valence-corrected chi connectivity index (χ3v) is 4.41. The molecule has 0 amide bonds. The van der Waals surface area contributed by atoms with Crippen molar-refractivity contribution in [2.75, 3.05) is 39.9 Å². The van der Waals surface area contributed by atoms with Crippen molar-refractivity contribution in [2.24, 2.45) is 0 Å². The van der Waals surface area contributed by atoms with Crippen molar-refractivity contribution in [3.8, 4) is 11.5 Å². The van der Waals surface area contributed by atoms with Crippen LogP contribution in [0.15, 0.2) is 48.5 Å². The molecule has 1 heterocycles. The largest absolute Gasteiger partial charge is 0.497 e. The van der Waals surface area contributed by atoms with E-state index >= 15 is 0 Å². The van der Waals surface area contributed by atoms with Crippen LogP contribution in [-0.2, 0) is 0 Å². The fraction of sp³-hybridized carbons (Fsp3) is 0.400. The Morgan fingerprint density at radius 3 is 2.25 bits per heavy atom. The Labute approximate surface area is 144 Å². The van der Waals surface area contributed by atoms with E-state index in [0.29, 0.717) is 6.61 Å². The van der Waals surface area contributed by atoms with Gasteiger partial charge in [-0.05, 0) is 42.3 Å². The highest BCUT2D eigenvalue weighted by Gasteiger charge is 2.24. The predicted octanol–water partition coefficient (Wildman–Crippen LogP) is 3.09. The Balaban J connectivity index is 1.99. The van der Waals surface area contributed by atoms with Crippen LogP contribution in [-0.4, -0.2) is 44.8 Å². The van der Waals surface area contributed by atoms with Crippen molar-refractivity contribution in [1.82, 2.24) is 10.2 Å². The summed E-state index contributed by atoms with van der Waals surface area (Å²) in [6.45, 7) is 6.79. The van der Waals surface area contributed by atoms with Crippen LogP contribution in [0.3, 0.4) is 0 Å². The van der Waals surface area contributed by atoms with E-state index in [1.54, 1.807) is 7.11 Å². The maximum atomic E-state index is 5.71. The molecule has 0 spiro atoms. The van der Waals surface area contributed by atoms with E-state index in [4.69, 9.17) is 9.47 Å². The fourth-order valence-electron chi connectivity index (χ4n) is 3.31. The minimum Gasteiger partial charge on any atom is -0.497 e. The molecule has 4 nitrogen and oxygen atoms in total. The lowest BCUT2D eigenvalue weighted by Gasteiger charge is -2.35. The molecule has 3 rings (SSSR count). The van der Waals surface area contributed by atoms with Crippen molar-refractivity contribution in [2.45, 2.75) is 13.0 Å². The summed E-state index contributed by atoms with van der Waals surface area (Å²) < 4.78 is 11.1. The number of nitrogens with zero attached hydrogens (tertiary/aromatic N) is 1. The SMILES string of the molecule is CCOc1cccc(C(c2cccc(OC)c2)N2CCNCC2)c1. The first kappa shape index (κ1) is 16.8. The van der Waals surface area contributed by atoms with Crippen molar-refractivity contribution >= 4 is 0 Å². The molecule has 0 aromatic heterocycles. The zero-order valence-electron chi connectivity index (χ0n) is 14.5. The lowest BCUT2D eigenvalue weighted by atomic mass is 9.96. The molecule has 0 saturated carbocycles. The molecule has 1 saturated heterocycles. The summed E-state index contributed by atoms with van der Waals surface area (Å²) in [5.41, 5.74) is 2.51. The van der Waals surface area contributed by atoms with E-state index in [-0.39, 0.29) is 6.04 Å². The highest BCUT2D eigenvalue weighted by molar-refractivity contribution is 5.39. The Hall–Kier alpha value is -2.04. The minimum absolute atomic E-state index is 0.211. The molecule has 1 fully saturated rings. The van der Waals surface area contributed by atoms with Gasteiger partial charge in [-0.1, -0.05) is 24.3 Å². The Kier molecular flexibility index (Phi) is 5.72. The fourth-order valence-corrected chi connectivity index (χ4v) is 3.31. The third-order valence-electron chi connectivity index (χ3n) is 4.41. The average molecular weight is 326 g/mol. The van der Waals surface area contributed by atoms with Crippen molar-refractivity contribution in [3.05, 3.63) is 59.7 Å². The minimum atomic E-state index is 0.211. The van der Waals surface area contributed by atoms with Crippen LogP contribution in [0.4, 0.5) is 0 Å². The molecule has 1 aliphatic heterocycles. The molecule has 2 aromatic rings. The standard InChI is InChI=1S/C20H26N2O2/c1-3-24-19-9-5-7-17(15-19)20(22-12-10-21-11-13-22)16-6-4-8-18(14-16)23-2/h4-9,14-15,20-21H,3,10-13H2,1-2H3. The molecule has 128 valence electrons. The number of hydrogen-bond acceptors (Lipinski definition) is 4. The summed E-state index contributed by atoms with van der Waals surface area (Å²) in [6.07, 6.45) is 0. The van der Waals surface area contributed by atoms with Crippen LogP contribution in [0.25, 0.3) is 0 Å². The van der Waals surface area contributed by atoms with E-state index in [0.717, 1.165) is 37.7 Å². The monoisotopic (exact) mass is 326 g/mol. The maximum absolute atomic E-state index is 5.71. The van der Waals surface area contributed by atoms with Gasteiger partial charge in [-0.15, -0.1) is 0 Å². The molecule has 1 N–H and O–H groups in total. The molecular weight excluding hydrogens is 300 g/mol. The first-order valence-electron chi connectivity index (χ1n) is 8.63. The molecule has 1 atom stereocenters. The summed E-state index contributed by atoms with van der Waals surface area (Å²) in [6, 6.07) is 17.0. The first-order valence-corrected chi connectivity index (χ1v) is 8.63. The Bertz CT molecular complexity index is 654. The normalized spacial score (nSPS) is 16.6. The van der Waals surface area contributed by atoms with Crippen LogP contribution in [0.5, 0.6) is 11.5 Å². The maximum Gasteiger partial charge on any atom is 0.119 e. The van der Waals surface area contributed by atoms with E-state index in [2.05, 4.69) is 46.6 Å². The van der Waals surface area contributed by atoms with Crippen LogP contribution in [0, 0.1) is 0 Å². The molecule has 0 bridgehead atoms. The van der Waals surface area contributed by atoms with E-state index in [9.17, 15) is 0 Å². The number of methoxy groups -OCH3 is 1. The summed E-state index contributed by atoms with van der Waals surface area (Å²) in [5.74, 6) is 1.83. The van der Waals surface area contributed by atoms with E-state index in [1.807, 2.05) is 19.1 Å². The number of nitrogens with one attached hydrogen (secondary N) is 1. The van der Waals surface area contributed by atoms with E-state index < -0.39 is 0 Å². The van der Waals surface area contributed by atoms with Crippen LogP contribution >= 0.6 is 0 Å². The van der Waals surface area contributed by atoms with Gasteiger partial charge in [-0.3, -0.25) is 4.90 Å². The topological polar surface area (TPSA) is 33.7 Å². The van der Waals surface area contributed by atoms with Gasteiger partial charge in [0.2, 0.25) is 0 Å². The molecule has 24 heavy (non-hydrogen) atoms. The van der Waals surface area contributed by atoms with Gasteiger partial charge in [0.05, 0.1) is 19.8 Å². The number of rotatable bonds is 6. The van der Waals surface area contributed by atoms with Gasteiger partial charge < -0.3 is 14.8 Å². The van der Waals surface area contributed by atoms with Crippen LogP contribution in [0.2, 0.25) is 0 Å². The van der Waals surface area contributed by atoms with Gasteiger partial charge in [-0.2, -0.15) is 0 Å². The summed E-state index contributed by atoms with van der Waals surface area (Å²) >= 11 is 0. The second kappa shape index (κ2) is 8.18. The van der Waals surface area contributed by atoms with Crippen molar-refractivity contribution in [1.29, 1.82) is 0 Å². The van der Waals surface area contributed by atoms with Gasteiger partial charge in [0.1, 0.15) is 11.5 Å². The van der Waals surface area contributed by atoms with Crippen LogP contribution < -0.4 is 14.8 Å². The van der Waals surface area contributed by atoms with Gasteiger partial charge in [0.15, 0.2) is 0 Å². The van der Waals surface area contributed by atoms with Gasteiger partial charge in [-0.25, -0.2) is 0 Å². The molecule has 0 aliphatic carbocycles. The summed E-state index contributed by atoms with van der Waals surface area (Å²) in [5, 5.41) is 3.44. The van der Waals surface area contributed by atoms with Crippen molar-refractivity contribution < 1.29 is 9.47 Å². The second-order valence-electron chi connectivity index (χ2n) is 5.97. The van der Waals surface area contributed by atoms with Gasteiger partial charge in [0.25, 0.3) is 0 Å². The van der Waals surface area contributed by atoms with E-state index in [1.165, 1.54) is 11.1 Å². The molecule has 4 heteroatoms. The first-order chi connectivity index (χ1) is 11.8. The van der Waals surface area contributed by atoms with Gasteiger partial charge in [0, 0.05) is 26.2 Å². The zero-order valence-corrected chi connectivity index (χ0v) is 14.5. The Morgan fingerprint density at radius 1 is 1.00 bits per heavy atom. The molecule has 2 aromatic carbocycles. The summed E-state index contributed by atoms with van der Waals surface area (Å²) in [4.78, 5) is 2.52. The number of benzene rings is 2. The number of hydrogen-bond donors (Lipinski definition) is 1. The van der Waals surface area contributed by atoms with Crippen molar-refractivity contribution in [3.63, 3.8) is 0 Å². The average Bonchev–Trinajstić information content (AvgIpc) is 2.64. The number of piperazine rings is 1. The highest BCUT2D eigenvalue weighted by atomic mass is 16.5. The lowest BCUT2D eigenvalue weighted by Crippen LogP contribution is -2.45. The molecule has 1 aliphatic rings. The lowest BCUT2D eigenvalue weighted by molar-refractivity contribution is 0.198. The quantitative estimate of drug-likeness (QED) is 0.884.